The van der Waals surface area contributed by atoms with Gasteiger partial charge in [0, 0.05) is 49.7 Å². The number of piperazine rings is 1. The highest BCUT2D eigenvalue weighted by Crippen LogP contribution is 2.24. The Hall–Kier alpha value is -4.47. The van der Waals surface area contributed by atoms with Crippen LogP contribution in [0.3, 0.4) is 0 Å². The summed E-state index contributed by atoms with van der Waals surface area (Å²) in [6.07, 6.45) is 2.95. The molecule has 1 amide bonds. The summed E-state index contributed by atoms with van der Waals surface area (Å²) in [5.74, 6) is 0.693. The SMILES string of the molecule is N=Cc1ccnc(N2CCN(C(=O)Cn3nc(-c4ccc(F)cc4)nc3-c3ccc(F)cc3)CC2)c1. The Morgan fingerprint density at radius 1 is 0.917 bits per heavy atom. The number of rotatable bonds is 6. The molecule has 0 aliphatic carbocycles. The molecule has 0 atom stereocenters. The second-order valence-electron chi connectivity index (χ2n) is 8.39. The lowest BCUT2D eigenvalue weighted by Gasteiger charge is -2.35. The van der Waals surface area contributed by atoms with Crippen LogP contribution in [0.2, 0.25) is 0 Å². The van der Waals surface area contributed by atoms with Crippen LogP contribution in [0.25, 0.3) is 22.8 Å². The zero-order chi connectivity index (χ0) is 25.1. The van der Waals surface area contributed by atoms with Gasteiger partial charge in [-0.05, 0) is 66.2 Å². The number of aromatic nitrogens is 4. The normalized spacial score (nSPS) is 13.6. The van der Waals surface area contributed by atoms with E-state index in [2.05, 4.69) is 20.0 Å². The van der Waals surface area contributed by atoms with E-state index in [1.54, 1.807) is 41.4 Å². The van der Waals surface area contributed by atoms with E-state index in [9.17, 15) is 13.6 Å². The van der Waals surface area contributed by atoms with Crippen molar-refractivity contribution in [1.82, 2.24) is 24.6 Å². The van der Waals surface area contributed by atoms with Crippen molar-refractivity contribution in [3.8, 4) is 22.8 Å². The van der Waals surface area contributed by atoms with Crippen molar-refractivity contribution >= 4 is 17.9 Å². The van der Waals surface area contributed by atoms with E-state index in [4.69, 9.17) is 5.41 Å². The summed E-state index contributed by atoms with van der Waals surface area (Å²) in [6.45, 7) is 2.22. The van der Waals surface area contributed by atoms with Crippen molar-refractivity contribution < 1.29 is 13.6 Å². The molecule has 3 heterocycles. The highest BCUT2D eigenvalue weighted by atomic mass is 19.1. The van der Waals surface area contributed by atoms with Crippen molar-refractivity contribution in [2.45, 2.75) is 6.54 Å². The predicted octanol–water partition coefficient (Wildman–Crippen LogP) is 3.63. The van der Waals surface area contributed by atoms with E-state index in [1.807, 2.05) is 6.07 Å². The summed E-state index contributed by atoms with van der Waals surface area (Å²) in [5.41, 5.74) is 2.00. The molecule has 10 heteroatoms. The molecule has 1 N–H and O–H groups in total. The third-order valence-corrected chi connectivity index (χ3v) is 6.05. The first-order valence-corrected chi connectivity index (χ1v) is 11.5. The maximum atomic E-state index is 13.5. The molecule has 8 nitrogen and oxygen atoms in total. The van der Waals surface area contributed by atoms with Gasteiger partial charge in [-0.3, -0.25) is 4.79 Å². The highest BCUT2D eigenvalue weighted by Gasteiger charge is 2.24. The standard InChI is InChI=1S/C26H23F2N7O/c27-21-5-1-19(2-6-21)25-31-26(20-3-7-22(28)8-4-20)35(32-25)17-24(36)34-13-11-33(12-14-34)23-15-18(16-29)9-10-30-23/h1-10,15-16,29H,11-14,17H2. The minimum Gasteiger partial charge on any atom is -0.353 e. The predicted molar refractivity (Wildman–Crippen MR) is 132 cm³/mol. The van der Waals surface area contributed by atoms with Crippen molar-refractivity contribution in [2.24, 2.45) is 0 Å². The summed E-state index contributed by atoms with van der Waals surface area (Å²) in [7, 11) is 0. The number of nitrogens with zero attached hydrogens (tertiary/aromatic N) is 6. The topological polar surface area (TPSA) is 91.0 Å². The van der Waals surface area contributed by atoms with Gasteiger partial charge in [-0.2, -0.15) is 0 Å². The number of hydrogen-bond acceptors (Lipinski definition) is 6. The third-order valence-electron chi connectivity index (χ3n) is 6.05. The molecular formula is C26H23F2N7O. The van der Waals surface area contributed by atoms with Crippen LogP contribution in [0, 0.1) is 17.0 Å². The number of hydrogen-bond donors (Lipinski definition) is 1. The van der Waals surface area contributed by atoms with Crippen molar-refractivity contribution in [1.29, 1.82) is 5.41 Å². The van der Waals surface area contributed by atoms with Gasteiger partial charge in [0.25, 0.3) is 0 Å². The fraction of sp³-hybridized carbons (Fsp3) is 0.192. The number of anilines is 1. The first kappa shape index (κ1) is 23.3. The van der Waals surface area contributed by atoms with Crippen LogP contribution in [0.4, 0.5) is 14.6 Å². The number of amides is 1. The Labute approximate surface area is 206 Å². The van der Waals surface area contributed by atoms with Gasteiger partial charge in [-0.25, -0.2) is 23.4 Å². The first-order valence-electron chi connectivity index (χ1n) is 11.5. The summed E-state index contributed by atoms with van der Waals surface area (Å²) in [6, 6.07) is 15.3. The van der Waals surface area contributed by atoms with E-state index in [0.29, 0.717) is 49.0 Å². The van der Waals surface area contributed by atoms with Gasteiger partial charge < -0.3 is 15.2 Å². The molecule has 0 radical (unpaired) electrons. The van der Waals surface area contributed by atoms with Crippen LogP contribution >= 0.6 is 0 Å². The molecule has 4 aromatic rings. The van der Waals surface area contributed by atoms with E-state index in [-0.39, 0.29) is 24.1 Å². The molecule has 1 saturated heterocycles. The maximum absolute atomic E-state index is 13.5. The molecule has 1 aliphatic rings. The van der Waals surface area contributed by atoms with Crippen LogP contribution in [-0.2, 0) is 11.3 Å². The van der Waals surface area contributed by atoms with Gasteiger partial charge in [0.2, 0.25) is 5.91 Å². The van der Waals surface area contributed by atoms with Crippen molar-refractivity contribution in [3.63, 3.8) is 0 Å². The lowest BCUT2D eigenvalue weighted by molar-refractivity contribution is -0.132. The molecular weight excluding hydrogens is 464 g/mol. The first-order chi connectivity index (χ1) is 17.5. The fourth-order valence-electron chi connectivity index (χ4n) is 4.10. The van der Waals surface area contributed by atoms with Crippen molar-refractivity contribution in [2.75, 3.05) is 31.1 Å². The third kappa shape index (κ3) is 4.97. The van der Waals surface area contributed by atoms with E-state index < -0.39 is 0 Å². The molecule has 1 aliphatic heterocycles. The van der Waals surface area contributed by atoms with E-state index in [0.717, 1.165) is 11.4 Å². The Bertz CT molecular complexity index is 1380. The maximum Gasteiger partial charge on any atom is 0.244 e. The number of benzene rings is 2. The molecule has 182 valence electrons. The Kier molecular flexibility index (Phi) is 6.48. The van der Waals surface area contributed by atoms with Gasteiger partial charge in [0.1, 0.15) is 24.0 Å². The van der Waals surface area contributed by atoms with E-state index >= 15 is 0 Å². The second kappa shape index (κ2) is 10.0. The Balaban J connectivity index is 1.34. The Morgan fingerprint density at radius 2 is 1.56 bits per heavy atom. The monoisotopic (exact) mass is 487 g/mol. The molecule has 0 unspecified atom stereocenters. The van der Waals surface area contributed by atoms with E-state index in [1.165, 1.54) is 35.2 Å². The number of carbonyl (C=O) groups excluding carboxylic acids is 1. The Morgan fingerprint density at radius 3 is 2.19 bits per heavy atom. The number of halogens is 2. The van der Waals surface area contributed by atoms with Crippen LogP contribution in [0.5, 0.6) is 0 Å². The zero-order valence-electron chi connectivity index (χ0n) is 19.3. The number of nitrogens with one attached hydrogen (secondary N) is 1. The molecule has 2 aromatic carbocycles. The average Bonchev–Trinajstić information content (AvgIpc) is 3.33. The van der Waals surface area contributed by atoms with Crippen molar-refractivity contribution in [3.05, 3.63) is 84.1 Å². The fourth-order valence-corrected chi connectivity index (χ4v) is 4.10. The van der Waals surface area contributed by atoms with Crippen LogP contribution in [0.1, 0.15) is 5.56 Å². The summed E-state index contributed by atoms with van der Waals surface area (Å²) < 4.78 is 28.4. The molecule has 0 spiro atoms. The largest absolute Gasteiger partial charge is 0.353 e. The summed E-state index contributed by atoms with van der Waals surface area (Å²) >= 11 is 0. The van der Waals surface area contributed by atoms with Gasteiger partial charge in [-0.1, -0.05) is 0 Å². The lowest BCUT2D eigenvalue weighted by Crippen LogP contribution is -2.50. The smallest absolute Gasteiger partial charge is 0.244 e. The van der Waals surface area contributed by atoms with Gasteiger partial charge in [0.15, 0.2) is 11.6 Å². The molecule has 36 heavy (non-hydrogen) atoms. The average molecular weight is 488 g/mol. The summed E-state index contributed by atoms with van der Waals surface area (Å²) in [5, 5.41) is 12.0. The second-order valence-corrected chi connectivity index (χ2v) is 8.39. The zero-order valence-corrected chi connectivity index (χ0v) is 19.3. The minimum atomic E-state index is -0.377. The number of pyridine rings is 1. The minimum absolute atomic E-state index is 0.0392. The summed E-state index contributed by atoms with van der Waals surface area (Å²) in [4.78, 5) is 26.0. The molecule has 0 bridgehead atoms. The molecule has 5 rings (SSSR count). The van der Waals surface area contributed by atoms with Crippen LogP contribution < -0.4 is 4.90 Å². The van der Waals surface area contributed by atoms with Crippen LogP contribution in [0.15, 0.2) is 66.9 Å². The highest BCUT2D eigenvalue weighted by molar-refractivity contribution is 5.79. The lowest BCUT2D eigenvalue weighted by atomic mass is 10.2. The van der Waals surface area contributed by atoms with Gasteiger partial charge in [-0.15, -0.1) is 5.10 Å². The van der Waals surface area contributed by atoms with Gasteiger partial charge in [0.05, 0.1) is 0 Å². The van der Waals surface area contributed by atoms with Gasteiger partial charge >= 0.3 is 0 Å². The molecule has 2 aromatic heterocycles. The van der Waals surface area contributed by atoms with Crippen LogP contribution in [-0.4, -0.2) is 62.9 Å². The quantitative estimate of drug-likeness (QED) is 0.420. The molecule has 0 saturated carbocycles. The number of carbonyl (C=O) groups is 1. The molecule has 1 fully saturated rings.